The molecule has 0 aromatic carbocycles. The Morgan fingerprint density at radius 3 is 2.67 bits per heavy atom. The number of unbranched alkanes of at least 4 members (excludes halogenated alkanes) is 1. The Hall–Kier alpha value is -0.930. The molecule has 84 valence electrons. The lowest BCUT2D eigenvalue weighted by Gasteiger charge is -2.20. The van der Waals surface area contributed by atoms with Gasteiger partial charge in [0.2, 0.25) is 0 Å². The highest BCUT2D eigenvalue weighted by atomic mass is 16.3. The Morgan fingerprint density at radius 1 is 1.40 bits per heavy atom. The van der Waals surface area contributed by atoms with Gasteiger partial charge in [0.1, 0.15) is 0 Å². The molecule has 1 unspecified atom stereocenters. The summed E-state index contributed by atoms with van der Waals surface area (Å²) in [5.74, 6) is 0. The van der Waals surface area contributed by atoms with Crippen LogP contribution < -0.4 is 0 Å². The van der Waals surface area contributed by atoms with Gasteiger partial charge in [-0.05, 0) is 37.7 Å². The van der Waals surface area contributed by atoms with Crippen molar-refractivity contribution in [2.24, 2.45) is 0 Å². The van der Waals surface area contributed by atoms with E-state index < -0.39 is 6.10 Å². The highest BCUT2D eigenvalue weighted by molar-refractivity contribution is 5.13. The van der Waals surface area contributed by atoms with Crippen molar-refractivity contribution in [2.75, 3.05) is 20.1 Å². The lowest BCUT2D eigenvalue weighted by Crippen LogP contribution is -2.25. The number of pyridine rings is 1. The van der Waals surface area contributed by atoms with E-state index in [2.05, 4.69) is 16.8 Å². The van der Waals surface area contributed by atoms with Crippen LogP contribution in [-0.4, -0.2) is 35.1 Å². The van der Waals surface area contributed by atoms with Gasteiger partial charge in [-0.25, -0.2) is 0 Å². The molecule has 3 heteroatoms. The third-order valence-corrected chi connectivity index (χ3v) is 2.47. The quantitative estimate of drug-likeness (QED) is 0.775. The summed E-state index contributed by atoms with van der Waals surface area (Å²) in [5.41, 5.74) is 0.938. The fourth-order valence-corrected chi connectivity index (χ4v) is 1.51. The highest BCUT2D eigenvalue weighted by Crippen LogP contribution is 2.12. The largest absolute Gasteiger partial charge is 0.387 e. The minimum Gasteiger partial charge on any atom is -0.387 e. The normalized spacial score (nSPS) is 13.1. The third-order valence-electron chi connectivity index (χ3n) is 2.47. The zero-order valence-corrected chi connectivity index (χ0v) is 9.56. The second-order valence-electron chi connectivity index (χ2n) is 3.91. The molecule has 0 spiro atoms. The smallest absolute Gasteiger partial charge is 0.0917 e. The second kappa shape index (κ2) is 6.53. The van der Waals surface area contributed by atoms with E-state index in [1.54, 1.807) is 12.4 Å². The van der Waals surface area contributed by atoms with Crippen LogP contribution in [0.1, 0.15) is 31.4 Å². The highest BCUT2D eigenvalue weighted by Gasteiger charge is 2.09. The van der Waals surface area contributed by atoms with Crippen LogP contribution in [0.2, 0.25) is 0 Å². The molecular formula is C12H20N2O. The van der Waals surface area contributed by atoms with Gasteiger partial charge in [-0.3, -0.25) is 4.98 Å². The third kappa shape index (κ3) is 4.40. The number of aliphatic hydroxyl groups excluding tert-OH is 1. The molecule has 0 aliphatic rings. The van der Waals surface area contributed by atoms with Crippen molar-refractivity contribution >= 4 is 0 Å². The summed E-state index contributed by atoms with van der Waals surface area (Å²) in [6.07, 6.45) is 5.39. The average molecular weight is 208 g/mol. The second-order valence-corrected chi connectivity index (χ2v) is 3.91. The molecule has 1 heterocycles. The number of aliphatic hydroxyl groups is 1. The van der Waals surface area contributed by atoms with Crippen LogP contribution in [0, 0.1) is 0 Å². The molecule has 15 heavy (non-hydrogen) atoms. The molecule has 1 aromatic rings. The van der Waals surface area contributed by atoms with Gasteiger partial charge in [0, 0.05) is 18.9 Å². The minimum absolute atomic E-state index is 0.408. The molecule has 0 radical (unpaired) electrons. The van der Waals surface area contributed by atoms with E-state index in [4.69, 9.17) is 0 Å². The summed E-state index contributed by atoms with van der Waals surface area (Å²) < 4.78 is 0. The Kier molecular flexibility index (Phi) is 5.29. The van der Waals surface area contributed by atoms with E-state index in [0.717, 1.165) is 12.1 Å². The molecule has 0 aliphatic heterocycles. The first-order chi connectivity index (χ1) is 7.24. The maximum absolute atomic E-state index is 9.92. The maximum Gasteiger partial charge on any atom is 0.0917 e. The van der Waals surface area contributed by atoms with Gasteiger partial charge >= 0.3 is 0 Å². The van der Waals surface area contributed by atoms with Crippen molar-refractivity contribution < 1.29 is 5.11 Å². The predicted molar refractivity (Wildman–Crippen MR) is 61.6 cm³/mol. The summed E-state index contributed by atoms with van der Waals surface area (Å²) in [6, 6.07) is 3.72. The fourth-order valence-electron chi connectivity index (χ4n) is 1.51. The molecule has 1 atom stereocenters. The Bertz CT molecular complexity index is 264. The molecule has 3 nitrogen and oxygen atoms in total. The van der Waals surface area contributed by atoms with Gasteiger partial charge in [-0.1, -0.05) is 13.3 Å². The molecule has 1 aromatic heterocycles. The number of rotatable bonds is 6. The van der Waals surface area contributed by atoms with Crippen LogP contribution in [-0.2, 0) is 0 Å². The van der Waals surface area contributed by atoms with Crippen molar-refractivity contribution in [3.63, 3.8) is 0 Å². The molecule has 0 saturated heterocycles. The van der Waals surface area contributed by atoms with Crippen LogP contribution in [0.15, 0.2) is 24.5 Å². The lowest BCUT2D eigenvalue weighted by molar-refractivity contribution is 0.126. The standard InChI is InChI=1S/C12H20N2O/c1-3-4-9-14(2)10-12(15)11-5-7-13-8-6-11/h5-8,12,15H,3-4,9-10H2,1-2H3. The Labute approximate surface area is 91.8 Å². The number of aromatic nitrogens is 1. The van der Waals surface area contributed by atoms with Crippen LogP contribution in [0.25, 0.3) is 0 Å². The minimum atomic E-state index is -0.408. The molecule has 0 amide bonds. The molecule has 1 N–H and O–H groups in total. The zero-order valence-electron chi connectivity index (χ0n) is 9.56. The van der Waals surface area contributed by atoms with E-state index in [1.165, 1.54) is 12.8 Å². The van der Waals surface area contributed by atoms with Gasteiger partial charge < -0.3 is 10.0 Å². The molecular weight excluding hydrogens is 188 g/mol. The number of hydrogen-bond donors (Lipinski definition) is 1. The van der Waals surface area contributed by atoms with Crippen molar-refractivity contribution in [3.05, 3.63) is 30.1 Å². The first kappa shape index (κ1) is 12.1. The molecule has 1 rings (SSSR count). The van der Waals surface area contributed by atoms with Crippen molar-refractivity contribution in [2.45, 2.75) is 25.9 Å². The SMILES string of the molecule is CCCCN(C)CC(O)c1ccncc1. The molecule has 0 bridgehead atoms. The van der Waals surface area contributed by atoms with Crippen LogP contribution in [0.3, 0.4) is 0 Å². The predicted octanol–water partition coefficient (Wildman–Crippen LogP) is 1.85. The summed E-state index contributed by atoms with van der Waals surface area (Å²) in [6.45, 7) is 3.90. The monoisotopic (exact) mass is 208 g/mol. The first-order valence-electron chi connectivity index (χ1n) is 5.50. The van der Waals surface area contributed by atoms with Crippen molar-refractivity contribution in [1.29, 1.82) is 0 Å². The fraction of sp³-hybridized carbons (Fsp3) is 0.583. The average Bonchev–Trinajstić information content (AvgIpc) is 2.27. The molecule has 0 saturated carbocycles. The first-order valence-corrected chi connectivity index (χ1v) is 5.50. The van der Waals surface area contributed by atoms with Gasteiger partial charge in [0.05, 0.1) is 6.10 Å². The van der Waals surface area contributed by atoms with E-state index >= 15 is 0 Å². The molecule has 0 aliphatic carbocycles. The van der Waals surface area contributed by atoms with Crippen molar-refractivity contribution in [1.82, 2.24) is 9.88 Å². The Morgan fingerprint density at radius 2 is 2.07 bits per heavy atom. The number of nitrogens with zero attached hydrogens (tertiary/aromatic N) is 2. The van der Waals surface area contributed by atoms with Crippen molar-refractivity contribution in [3.8, 4) is 0 Å². The van der Waals surface area contributed by atoms with Crippen LogP contribution >= 0.6 is 0 Å². The summed E-state index contributed by atoms with van der Waals surface area (Å²) in [4.78, 5) is 6.09. The van der Waals surface area contributed by atoms with Gasteiger partial charge in [0.15, 0.2) is 0 Å². The van der Waals surface area contributed by atoms with Crippen LogP contribution in [0.4, 0.5) is 0 Å². The Balaban J connectivity index is 2.38. The maximum atomic E-state index is 9.92. The van der Waals surface area contributed by atoms with Crippen LogP contribution in [0.5, 0.6) is 0 Å². The van der Waals surface area contributed by atoms with E-state index in [0.29, 0.717) is 6.54 Å². The lowest BCUT2D eigenvalue weighted by atomic mass is 10.1. The molecule has 0 fully saturated rings. The van der Waals surface area contributed by atoms with E-state index in [-0.39, 0.29) is 0 Å². The number of likely N-dealkylation sites (N-methyl/N-ethyl adjacent to an activating group) is 1. The number of hydrogen-bond acceptors (Lipinski definition) is 3. The van der Waals surface area contributed by atoms with Gasteiger partial charge in [-0.2, -0.15) is 0 Å². The van der Waals surface area contributed by atoms with Gasteiger partial charge in [-0.15, -0.1) is 0 Å². The van der Waals surface area contributed by atoms with Gasteiger partial charge in [0.25, 0.3) is 0 Å². The van der Waals surface area contributed by atoms with E-state index in [9.17, 15) is 5.11 Å². The van der Waals surface area contributed by atoms with E-state index in [1.807, 2.05) is 19.2 Å². The summed E-state index contributed by atoms with van der Waals surface area (Å²) >= 11 is 0. The summed E-state index contributed by atoms with van der Waals surface area (Å²) in [5, 5.41) is 9.92. The topological polar surface area (TPSA) is 36.4 Å². The zero-order chi connectivity index (χ0) is 11.1. The summed E-state index contributed by atoms with van der Waals surface area (Å²) in [7, 11) is 2.04.